The smallest absolute Gasteiger partial charge is 0.293 e. The fourth-order valence-corrected chi connectivity index (χ4v) is 1.25. The molecule has 1 aromatic rings. The van der Waals surface area contributed by atoms with Gasteiger partial charge >= 0.3 is 0 Å². The Bertz CT molecular complexity index is 362. The maximum Gasteiger partial charge on any atom is 0.293 e. The number of likely N-dealkylation sites (N-methyl/N-ethyl adjacent to an activating group) is 1. The number of carbonyl (C=O) groups excluding carboxylic acids is 1. The van der Waals surface area contributed by atoms with E-state index in [1.807, 2.05) is 20.8 Å². The van der Waals surface area contributed by atoms with Gasteiger partial charge in [-0.1, -0.05) is 13.8 Å². The number of amides is 1. The van der Waals surface area contributed by atoms with Crippen molar-refractivity contribution in [3.05, 3.63) is 11.6 Å². The van der Waals surface area contributed by atoms with Crippen molar-refractivity contribution in [1.82, 2.24) is 20.1 Å². The van der Waals surface area contributed by atoms with E-state index in [0.717, 1.165) is 5.82 Å². The number of nitrogens with one attached hydrogen (secondary N) is 1. The Hall–Kier alpha value is -1.43. The molecule has 0 fully saturated rings. The van der Waals surface area contributed by atoms with E-state index in [-0.39, 0.29) is 17.6 Å². The summed E-state index contributed by atoms with van der Waals surface area (Å²) in [6.07, 6.45) is 0. The first kappa shape index (κ1) is 13.6. The second-order valence-corrected chi connectivity index (χ2v) is 4.12. The Balaban J connectivity index is 2.55. The van der Waals surface area contributed by atoms with Crippen LogP contribution in [0.1, 0.15) is 43.1 Å². The number of aromatic amines is 1. The van der Waals surface area contributed by atoms with Crippen LogP contribution in [0.5, 0.6) is 0 Å². The number of hydrogen-bond donors (Lipinski definition) is 1. The quantitative estimate of drug-likeness (QED) is 0.754. The van der Waals surface area contributed by atoms with Gasteiger partial charge in [0.05, 0.1) is 6.61 Å². The number of ether oxygens (including phenoxy) is 1. The third-order valence-electron chi connectivity index (χ3n) is 2.36. The molecule has 0 aliphatic carbocycles. The normalized spacial score (nSPS) is 10.9. The van der Waals surface area contributed by atoms with E-state index in [9.17, 15) is 4.79 Å². The highest BCUT2D eigenvalue weighted by Crippen LogP contribution is 2.08. The first-order valence-electron chi connectivity index (χ1n) is 5.81. The molecule has 0 aromatic carbocycles. The summed E-state index contributed by atoms with van der Waals surface area (Å²) in [5, 5.41) is 6.69. The lowest BCUT2D eigenvalue weighted by Crippen LogP contribution is -2.31. The summed E-state index contributed by atoms with van der Waals surface area (Å²) in [6, 6.07) is 0. The lowest BCUT2D eigenvalue weighted by Gasteiger charge is -2.14. The lowest BCUT2D eigenvalue weighted by atomic mass is 10.2. The Kier molecular flexibility index (Phi) is 5.09. The van der Waals surface area contributed by atoms with E-state index in [0.29, 0.717) is 19.8 Å². The molecule has 0 spiro atoms. The van der Waals surface area contributed by atoms with Gasteiger partial charge in [-0.2, -0.15) is 0 Å². The highest BCUT2D eigenvalue weighted by Gasteiger charge is 2.17. The van der Waals surface area contributed by atoms with Crippen molar-refractivity contribution in [1.29, 1.82) is 0 Å². The summed E-state index contributed by atoms with van der Waals surface area (Å²) >= 11 is 0. The number of rotatable bonds is 6. The molecule has 0 aliphatic rings. The Morgan fingerprint density at radius 3 is 2.76 bits per heavy atom. The van der Waals surface area contributed by atoms with Gasteiger partial charge in [-0.25, -0.2) is 4.98 Å². The van der Waals surface area contributed by atoms with Gasteiger partial charge in [-0.15, -0.1) is 5.10 Å². The molecule has 1 aromatic heterocycles. The zero-order valence-corrected chi connectivity index (χ0v) is 10.9. The minimum atomic E-state index is -0.187. The molecular formula is C11H20N4O2. The summed E-state index contributed by atoms with van der Waals surface area (Å²) in [6.45, 7) is 7.63. The van der Waals surface area contributed by atoms with E-state index in [1.165, 1.54) is 0 Å². The molecule has 0 atom stereocenters. The Morgan fingerprint density at radius 2 is 2.24 bits per heavy atom. The molecule has 0 aliphatic heterocycles. The molecule has 1 rings (SSSR count). The molecule has 96 valence electrons. The van der Waals surface area contributed by atoms with Crippen LogP contribution in [0.3, 0.4) is 0 Å². The molecule has 1 N–H and O–H groups in total. The zero-order valence-electron chi connectivity index (χ0n) is 10.9. The van der Waals surface area contributed by atoms with Crippen LogP contribution < -0.4 is 0 Å². The summed E-state index contributed by atoms with van der Waals surface area (Å²) < 4.78 is 5.19. The van der Waals surface area contributed by atoms with Crippen LogP contribution in [0, 0.1) is 0 Å². The average Bonchev–Trinajstić information content (AvgIpc) is 2.77. The Labute approximate surface area is 101 Å². The minimum absolute atomic E-state index is 0.187. The van der Waals surface area contributed by atoms with Crippen LogP contribution in [0.4, 0.5) is 0 Å². The van der Waals surface area contributed by atoms with Crippen molar-refractivity contribution < 1.29 is 9.53 Å². The van der Waals surface area contributed by atoms with E-state index >= 15 is 0 Å². The average molecular weight is 240 g/mol. The van der Waals surface area contributed by atoms with E-state index in [1.54, 1.807) is 11.9 Å². The van der Waals surface area contributed by atoms with Crippen molar-refractivity contribution in [2.75, 3.05) is 26.8 Å². The number of carbonyl (C=O) groups is 1. The van der Waals surface area contributed by atoms with Crippen molar-refractivity contribution >= 4 is 5.91 Å². The summed E-state index contributed by atoms with van der Waals surface area (Å²) in [4.78, 5) is 17.6. The monoisotopic (exact) mass is 240 g/mol. The summed E-state index contributed by atoms with van der Waals surface area (Å²) in [5.41, 5.74) is 0. The predicted molar refractivity (Wildman–Crippen MR) is 63.9 cm³/mol. The lowest BCUT2D eigenvalue weighted by molar-refractivity contribution is 0.0699. The summed E-state index contributed by atoms with van der Waals surface area (Å²) in [5.74, 6) is 0.991. The number of nitrogens with zero attached hydrogens (tertiary/aromatic N) is 3. The van der Waals surface area contributed by atoms with E-state index in [4.69, 9.17) is 4.74 Å². The first-order valence-corrected chi connectivity index (χ1v) is 5.81. The van der Waals surface area contributed by atoms with Gasteiger partial charge in [0.25, 0.3) is 5.91 Å². The Morgan fingerprint density at radius 1 is 1.53 bits per heavy atom. The molecular weight excluding hydrogens is 220 g/mol. The summed E-state index contributed by atoms with van der Waals surface area (Å²) in [7, 11) is 1.72. The second-order valence-electron chi connectivity index (χ2n) is 4.12. The molecule has 0 radical (unpaired) electrons. The number of aromatic nitrogens is 3. The molecule has 6 heteroatoms. The van der Waals surface area contributed by atoms with Crippen molar-refractivity contribution in [3.8, 4) is 0 Å². The standard InChI is InChI=1S/C11H20N4O2/c1-5-17-7-6-15(4)11(16)10-12-9(8(2)3)13-14-10/h8H,5-7H2,1-4H3,(H,12,13,14). The van der Waals surface area contributed by atoms with Gasteiger partial charge in [0.15, 0.2) is 0 Å². The minimum Gasteiger partial charge on any atom is -0.380 e. The highest BCUT2D eigenvalue weighted by atomic mass is 16.5. The van der Waals surface area contributed by atoms with Crippen LogP contribution in [0.25, 0.3) is 0 Å². The number of hydrogen-bond acceptors (Lipinski definition) is 4. The predicted octanol–water partition coefficient (Wildman–Crippen LogP) is 1.04. The largest absolute Gasteiger partial charge is 0.380 e. The van der Waals surface area contributed by atoms with Crippen LogP contribution >= 0.6 is 0 Å². The fraction of sp³-hybridized carbons (Fsp3) is 0.727. The number of H-pyrrole nitrogens is 1. The topological polar surface area (TPSA) is 71.1 Å². The van der Waals surface area contributed by atoms with E-state index < -0.39 is 0 Å². The third kappa shape index (κ3) is 3.81. The third-order valence-corrected chi connectivity index (χ3v) is 2.36. The van der Waals surface area contributed by atoms with Gasteiger partial charge in [-0.05, 0) is 6.92 Å². The first-order chi connectivity index (χ1) is 8.06. The molecule has 0 unspecified atom stereocenters. The van der Waals surface area contributed by atoms with Crippen molar-refractivity contribution in [2.45, 2.75) is 26.7 Å². The molecule has 0 saturated heterocycles. The van der Waals surface area contributed by atoms with Crippen LogP contribution in [-0.4, -0.2) is 52.8 Å². The molecule has 1 heterocycles. The van der Waals surface area contributed by atoms with Gasteiger partial charge in [0.1, 0.15) is 5.82 Å². The van der Waals surface area contributed by atoms with Crippen molar-refractivity contribution in [2.24, 2.45) is 0 Å². The highest BCUT2D eigenvalue weighted by molar-refractivity contribution is 5.90. The van der Waals surface area contributed by atoms with Crippen LogP contribution in [-0.2, 0) is 4.74 Å². The van der Waals surface area contributed by atoms with Crippen LogP contribution in [0.2, 0.25) is 0 Å². The van der Waals surface area contributed by atoms with Gasteiger partial charge in [0.2, 0.25) is 5.82 Å². The van der Waals surface area contributed by atoms with Crippen LogP contribution in [0.15, 0.2) is 0 Å². The maximum absolute atomic E-state index is 11.9. The fourth-order valence-electron chi connectivity index (χ4n) is 1.25. The molecule has 17 heavy (non-hydrogen) atoms. The van der Waals surface area contributed by atoms with Gasteiger partial charge < -0.3 is 9.64 Å². The molecule has 1 amide bonds. The van der Waals surface area contributed by atoms with E-state index in [2.05, 4.69) is 15.2 Å². The van der Waals surface area contributed by atoms with Gasteiger partial charge in [-0.3, -0.25) is 9.89 Å². The maximum atomic E-state index is 11.9. The molecule has 0 bridgehead atoms. The molecule has 6 nitrogen and oxygen atoms in total. The second kappa shape index (κ2) is 6.34. The SMILES string of the molecule is CCOCCN(C)C(=O)c1n[nH]c(C(C)C)n1. The van der Waals surface area contributed by atoms with Gasteiger partial charge in [0, 0.05) is 26.1 Å². The molecule has 0 saturated carbocycles. The zero-order chi connectivity index (χ0) is 12.8. The van der Waals surface area contributed by atoms with Crippen molar-refractivity contribution in [3.63, 3.8) is 0 Å².